The molecule has 7 rings (SSSR count). The molecule has 5 aliphatic heterocycles. The van der Waals surface area contributed by atoms with Crippen molar-refractivity contribution in [2.24, 2.45) is 0 Å². The van der Waals surface area contributed by atoms with Crippen LogP contribution in [0, 0.1) is 0 Å². The first kappa shape index (κ1) is 61.5. The summed E-state index contributed by atoms with van der Waals surface area (Å²) < 4.78 is 5.32. The van der Waals surface area contributed by atoms with E-state index in [0.29, 0.717) is 128 Å². The van der Waals surface area contributed by atoms with Crippen molar-refractivity contribution >= 4 is 59.7 Å². The van der Waals surface area contributed by atoms with E-state index in [-0.39, 0.29) is 69.4 Å². The first-order chi connectivity index (χ1) is 38.6. The lowest BCUT2D eigenvalue weighted by Crippen LogP contribution is -2.86. The predicted molar refractivity (Wildman–Crippen MR) is 282 cm³/mol. The minimum atomic E-state index is -1.50. The second-order valence-corrected chi connectivity index (χ2v) is 22.5. The predicted octanol–water partition coefficient (Wildman–Crippen LogP) is 0.111. The number of quaternary nitrogens is 4. The fraction of sp³-hybridized carbons (Fsp3) is 0.660. The molecule has 5 aliphatic rings. The highest BCUT2D eigenvalue weighted by Gasteiger charge is 3.01. The lowest BCUT2D eigenvalue weighted by atomic mass is 10.0. The van der Waals surface area contributed by atoms with Crippen LogP contribution in [0.3, 0.4) is 0 Å². The smallest absolute Gasteiger partial charge is 0.481 e. The zero-order chi connectivity index (χ0) is 58.6. The second kappa shape index (κ2) is 26.6. The van der Waals surface area contributed by atoms with Crippen molar-refractivity contribution in [3.63, 3.8) is 0 Å². The van der Waals surface area contributed by atoms with Crippen LogP contribution in [0.1, 0.15) is 99.8 Å². The van der Waals surface area contributed by atoms with Gasteiger partial charge in [0.1, 0.15) is 69.5 Å². The molecule has 0 saturated carbocycles. The van der Waals surface area contributed by atoms with Gasteiger partial charge in [-0.25, -0.2) is 38.5 Å². The van der Waals surface area contributed by atoms with E-state index in [1.54, 1.807) is 0 Å². The molecule has 0 radical (unpaired) electrons. The Morgan fingerprint density at radius 2 is 1.11 bits per heavy atom. The average molecular weight is 1140 g/mol. The van der Waals surface area contributed by atoms with E-state index >= 15 is 0 Å². The van der Waals surface area contributed by atoms with Crippen LogP contribution in [0.15, 0.2) is 24.3 Å². The second-order valence-electron chi connectivity index (χ2n) is 22.5. The van der Waals surface area contributed by atoms with Gasteiger partial charge in [0.2, 0.25) is 11.9 Å². The molecule has 8 atom stereocenters. The highest BCUT2D eigenvalue weighted by molar-refractivity contribution is 5.86. The number of rotatable bonds is 34. The number of morpholine rings is 1. The third kappa shape index (κ3) is 13.8. The summed E-state index contributed by atoms with van der Waals surface area (Å²) in [7, 11) is 0. The number of hydrogen-bond donors (Lipinski definition) is 10. The number of ether oxygens (including phenoxy) is 1. The van der Waals surface area contributed by atoms with Gasteiger partial charge < -0.3 is 61.3 Å². The summed E-state index contributed by atoms with van der Waals surface area (Å²) in [4.78, 5) is 127. The van der Waals surface area contributed by atoms with Gasteiger partial charge in [0.25, 0.3) is 0 Å². The molecule has 444 valence electrons. The number of carbonyl (C=O) groups is 9. The van der Waals surface area contributed by atoms with Crippen LogP contribution in [-0.2, 0) is 62.4 Å². The van der Waals surface area contributed by atoms with Crippen molar-refractivity contribution in [1.82, 2.24) is 30.9 Å². The number of carbonyl (C=O) groups excluding carboxylic acids is 2. The Morgan fingerprint density at radius 3 is 1.70 bits per heavy atom. The molecule has 6 heterocycles. The number of aryl methyl sites for hydroxylation is 1. The topological polar surface area (TPSA) is 382 Å². The Bertz CT molecular complexity index is 2630. The maximum absolute atomic E-state index is 13.1. The summed E-state index contributed by atoms with van der Waals surface area (Å²) in [5.41, 5.74) is 1.81. The van der Waals surface area contributed by atoms with Crippen molar-refractivity contribution in [2.45, 2.75) is 120 Å². The third-order valence-corrected chi connectivity index (χ3v) is 17.4. The minimum absolute atomic E-state index is 0.0257. The zero-order valence-corrected chi connectivity index (χ0v) is 45.8. The molecular formula is C53H79N11O17+4. The third-order valence-electron chi connectivity index (χ3n) is 17.4. The molecule has 2 aromatic rings. The molecule has 0 bridgehead atoms. The summed E-state index contributed by atoms with van der Waals surface area (Å²) in [6.45, 7) is 3.22. The summed E-state index contributed by atoms with van der Waals surface area (Å²) in [5, 5.41) is 76.6. The van der Waals surface area contributed by atoms with Crippen LogP contribution < -0.4 is 20.9 Å². The largest absolute Gasteiger partial charge is 0.483 e. The number of carboxylic acid groups (broad SMARTS) is 7. The van der Waals surface area contributed by atoms with Crippen molar-refractivity contribution in [3.8, 4) is 0 Å². The Kier molecular flexibility index (Phi) is 20.2. The Hall–Kier alpha value is -7.14. The number of hydrogen-bond acceptors (Lipinski definition) is 14. The average Bonchev–Trinajstić information content (AvgIpc) is 2.40. The summed E-state index contributed by atoms with van der Waals surface area (Å²) >= 11 is 0. The maximum Gasteiger partial charge on any atom is 0.483 e. The van der Waals surface area contributed by atoms with Gasteiger partial charge in [-0.05, 0) is 49.7 Å². The van der Waals surface area contributed by atoms with Gasteiger partial charge in [-0.1, -0.05) is 49.9 Å². The molecular weight excluding hydrogens is 1060 g/mol. The number of aliphatic carboxylic acids is 7. The van der Waals surface area contributed by atoms with Crippen molar-refractivity contribution < 1.29 is 102 Å². The molecule has 28 nitrogen and oxygen atoms in total. The molecule has 10 N–H and O–H groups in total. The van der Waals surface area contributed by atoms with E-state index in [4.69, 9.17) is 24.8 Å². The van der Waals surface area contributed by atoms with E-state index < -0.39 is 84.8 Å². The lowest BCUT2D eigenvalue weighted by Gasteiger charge is -2.50. The van der Waals surface area contributed by atoms with Crippen LogP contribution >= 0.6 is 0 Å². The molecule has 0 aliphatic carbocycles. The first-order valence-corrected chi connectivity index (χ1v) is 28.1. The van der Waals surface area contributed by atoms with Crippen LogP contribution in [0.25, 0.3) is 0 Å². The SMILES string of the molecule is O=C(O)CC[C@H](NC(=O)N[C@@H](CCCCNC(=O)CCCCCCCCc1nc(Cc2ccc(CC3C[N@@+]4(CC(=O)O)CC[N+]5(CC(=O)O)CC[N+]6(CC(=O)O)CC[N+]3(CC(=O)O)[C@@]654)cc2)nc(N2CCOCC2)n1)C(=O)O)C(=O)O. The van der Waals surface area contributed by atoms with E-state index in [9.17, 15) is 73.8 Å². The number of nitrogens with zero attached hydrogens (tertiary/aromatic N) is 8. The summed E-state index contributed by atoms with van der Waals surface area (Å²) in [6.07, 6.45) is 6.85. The number of urea groups is 1. The molecule has 1 aromatic heterocycles. The number of unbranched alkanes of at least 4 members (excludes halogenated alkanes) is 6. The first-order valence-electron chi connectivity index (χ1n) is 28.1. The van der Waals surface area contributed by atoms with Gasteiger partial charge in [-0.2, -0.15) is 9.97 Å². The highest BCUT2D eigenvalue weighted by atomic mass is 16.5. The molecule has 4 unspecified atom stereocenters. The summed E-state index contributed by atoms with van der Waals surface area (Å²) in [5.74, 6) is -8.03. The normalized spacial score (nSPS) is 26.0. The Morgan fingerprint density at radius 1 is 0.580 bits per heavy atom. The van der Waals surface area contributed by atoms with Gasteiger partial charge in [-0.3, -0.25) is 9.59 Å². The number of amides is 3. The molecule has 81 heavy (non-hydrogen) atoms. The van der Waals surface area contributed by atoms with Gasteiger partial charge in [0.15, 0.2) is 32.2 Å². The number of anilines is 1. The van der Waals surface area contributed by atoms with Crippen molar-refractivity contribution in [1.29, 1.82) is 0 Å². The van der Waals surface area contributed by atoms with E-state index in [1.165, 1.54) is 0 Å². The molecule has 1 aromatic carbocycles. The molecule has 5 fully saturated rings. The molecule has 3 amide bonds. The van der Waals surface area contributed by atoms with Crippen LogP contribution in [-0.4, -0.2) is 251 Å². The van der Waals surface area contributed by atoms with Crippen LogP contribution in [0.4, 0.5) is 10.7 Å². The number of carboxylic acids is 7. The lowest BCUT2D eigenvalue weighted by molar-refractivity contribution is -1.36. The van der Waals surface area contributed by atoms with Crippen LogP contribution in [0.2, 0.25) is 0 Å². The highest BCUT2D eigenvalue weighted by Crippen LogP contribution is 2.64. The monoisotopic (exact) mass is 1140 g/mol. The Balaban J connectivity index is 0.901. The maximum atomic E-state index is 13.1. The van der Waals surface area contributed by atoms with Gasteiger partial charge in [0, 0.05) is 51.7 Å². The van der Waals surface area contributed by atoms with Gasteiger partial charge in [-0.15, -0.1) is 17.9 Å². The standard InChI is InChI=1S/C53H75N11O17/c65-43(54-18-8-7-9-39(49(76)77)55-52(80)56-40(50(78)79)16-17-44(66)67)11-6-4-2-1-3-5-10-41-57-42(59-51(58-41)60-19-27-81-28-20-60)30-37-14-12-36(13-15-37)29-38-31-63(34-47(72)73)24-23-61(32-45(68)69)21-22-62(33-46(70)71)25-26-64(38,35-48(74)75)53(61,62)63/h12-15,38-40H,1-11,16-35H2,(H6-4,54,55,56,65,66,67,68,69,70,71,72,73,74,75,76,77,78,79,80)/p+4/t38?,39-,40-,53+,61?,62?,63+,64?/m0/s1. The fourth-order valence-electron chi connectivity index (χ4n) is 14.4. The van der Waals surface area contributed by atoms with E-state index in [2.05, 4.69) is 20.9 Å². The Labute approximate surface area is 468 Å². The number of benzene rings is 1. The number of aromatic nitrogens is 3. The van der Waals surface area contributed by atoms with E-state index in [1.807, 2.05) is 24.3 Å². The quantitative estimate of drug-likeness (QED) is 0.0328. The van der Waals surface area contributed by atoms with Crippen molar-refractivity contribution in [2.75, 3.05) is 110 Å². The zero-order valence-electron chi connectivity index (χ0n) is 45.8. The molecule has 5 saturated heterocycles. The molecule has 1 spiro atoms. The molecule has 28 heteroatoms. The number of nitrogens with one attached hydrogen (secondary N) is 3. The van der Waals surface area contributed by atoms with E-state index in [0.717, 1.165) is 43.2 Å². The minimum Gasteiger partial charge on any atom is -0.481 e. The van der Waals surface area contributed by atoms with Gasteiger partial charge >= 0.3 is 53.7 Å². The van der Waals surface area contributed by atoms with Gasteiger partial charge in [0.05, 0.1) is 13.2 Å². The van der Waals surface area contributed by atoms with Crippen LogP contribution in [0.5, 0.6) is 0 Å². The fourth-order valence-corrected chi connectivity index (χ4v) is 14.4. The summed E-state index contributed by atoms with van der Waals surface area (Å²) in [6, 6.07) is 3.60. The van der Waals surface area contributed by atoms with Crippen molar-refractivity contribution in [3.05, 3.63) is 47.0 Å².